The normalized spacial score (nSPS) is 21.4. The number of halogens is 2. The van der Waals surface area contributed by atoms with Gasteiger partial charge < -0.3 is 24.0 Å². The maximum absolute atomic E-state index is 13.4. The Morgan fingerprint density at radius 2 is 1.61 bits per heavy atom. The highest BCUT2D eigenvalue weighted by Crippen LogP contribution is 2.41. The number of aromatic nitrogens is 6. The first kappa shape index (κ1) is 39.5. The maximum atomic E-state index is 13.4. The lowest BCUT2D eigenvalue weighted by Crippen LogP contribution is -2.47. The predicted octanol–water partition coefficient (Wildman–Crippen LogP) is 8.41. The third kappa shape index (κ3) is 8.74. The molecule has 2 aromatic heterocycles. The van der Waals surface area contributed by atoms with Crippen LogP contribution in [0.25, 0.3) is 5.69 Å². The monoisotopic (exact) mass is 814 g/mol. The second-order valence-electron chi connectivity index (χ2n) is 15.6. The number of benzene rings is 3. The Kier molecular flexibility index (Phi) is 12.2. The number of hydrogen-bond donors (Lipinski definition) is 0. The molecule has 2 saturated heterocycles. The van der Waals surface area contributed by atoms with Gasteiger partial charge in [0, 0.05) is 48.1 Å². The third-order valence-electron chi connectivity index (χ3n) is 11.8. The molecule has 0 N–H and O–H groups in total. The van der Waals surface area contributed by atoms with Crippen LogP contribution in [0.3, 0.4) is 0 Å². The first-order valence-electron chi connectivity index (χ1n) is 20.4. The van der Waals surface area contributed by atoms with Crippen molar-refractivity contribution >= 4 is 34.6 Å². The van der Waals surface area contributed by atoms with Crippen LogP contribution in [0.1, 0.15) is 88.3 Å². The predicted molar refractivity (Wildman–Crippen MR) is 223 cm³/mol. The van der Waals surface area contributed by atoms with Crippen molar-refractivity contribution < 1.29 is 14.2 Å². The van der Waals surface area contributed by atoms with E-state index in [0.29, 0.717) is 34.7 Å². The van der Waals surface area contributed by atoms with Crippen molar-refractivity contribution in [1.82, 2.24) is 29.1 Å². The van der Waals surface area contributed by atoms with E-state index >= 15 is 0 Å². The van der Waals surface area contributed by atoms with Crippen molar-refractivity contribution in [2.75, 3.05) is 49.2 Å². The van der Waals surface area contributed by atoms with Gasteiger partial charge in [-0.1, -0.05) is 68.3 Å². The van der Waals surface area contributed by atoms with E-state index in [4.69, 9.17) is 37.4 Å². The van der Waals surface area contributed by atoms with Crippen LogP contribution < -0.4 is 20.2 Å². The summed E-state index contributed by atoms with van der Waals surface area (Å²) in [7, 11) is 0. The minimum absolute atomic E-state index is 0.0599. The van der Waals surface area contributed by atoms with Gasteiger partial charge >= 0.3 is 5.69 Å². The minimum atomic E-state index is -1.16. The van der Waals surface area contributed by atoms with Gasteiger partial charge in [0.1, 0.15) is 44.0 Å². The molecule has 4 heterocycles. The minimum Gasteiger partial charge on any atom is -0.491 e. The number of piperazine rings is 1. The molecule has 0 spiro atoms. The lowest BCUT2D eigenvalue weighted by Gasteiger charge is -2.39. The number of ether oxygens (including phenoxy) is 3. The molecule has 0 radical (unpaired) electrons. The van der Waals surface area contributed by atoms with Crippen LogP contribution in [0.4, 0.5) is 11.4 Å². The summed E-state index contributed by atoms with van der Waals surface area (Å²) in [5, 5.41) is 9.71. The molecule has 0 bridgehead atoms. The van der Waals surface area contributed by atoms with E-state index in [1.807, 2.05) is 25.1 Å². The van der Waals surface area contributed by atoms with Crippen LogP contribution in [0.5, 0.6) is 5.75 Å². The standard InChI is InChI=1S/C43H52Cl2N8O4/c1-3-31(2)53-42(54)52(30-48-53)35-14-18-41(38(24-35)32-9-7-5-4-6-8-10-32)50-21-19-49(20-22-50)34-12-15-36(16-13-34)55-25-37-26-56-43(57-37,27-51-29-46-28-47-51)39-17-11-33(44)23-40(39)45/h11-18,23-24,28-32,37H,3-10,19-22,25-27H2,1-2H3/t31?,37-,43-/m0/s1. The number of hydrogen-bond acceptors (Lipinski definition) is 9. The molecular formula is C43H52Cl2N8O4. The van der Waals surface area contributed by atoms with Crippen LogP contribution in [0.15, 0.2) is 84.4 Å². The average molecular weight is 816 g/mol. The van der Waals surface area contributed by atoms with Crippen molar-refractivity contribution in [2.24, 2.45) is 0 Å². The Balaban J connectivity index is 0.914. The SMILES string of the molecule is CCC(C)n1ncn(-c2ccc(N3CCN(c4ccc(OC[C@H]5CO[C@](Cn6cncn6)(c6ccc(Cl)cc6Cl)O5)cc4)CC3)c(C3CCCCCCC3)c2)c1=O. The molecule has 12 nitrogen and oxygen atoms in total. The average Bonchev–Trinajstić information content (AvgIpc) is 3.98. The lowest BCUT2D eigenvalue weighted by atomic mass is 9.84. The van der Waals surface area contributed by atoms with Gasteiger partial charge in [-0.3, -0.25) is 0 Å². The molecule has 3 aliphatic rings. The fraction of sp³-hybridized carbons (Fsp3) is 0.488. The van der Waals surface area contributed by atoms with Crippen LogP contribution in [0, 0.1) is 0 Å². The Morgan fingerprint density at radius 3 is 2.33 bits per heavy atom. The van der Waals surface area contributed by atoms with Crippen LogP contribution in [-0.2, 0) is 21.8 Å². The van der Waals surface area contributed by atoms with Crippen molar-refractivity contribution in [3.05, 3.63) is 111 Å². The summed E-state index contributed by atoms with van der Waals surface area (Å²) in [6, 6.07) is 20.3. The quantitative estimate of drug-likeness (QED) is 0.123. The summed E-state index contributed by atoms with van der Waals surface area (Å²) in [5.41, 5.74) is 5.34. The van der Waals surface area contributed by atoms with Crippen molar-refractivity contribution in [2.45, 2.75) is 95.6 Å². The van der Waals surface area contributed by atoms with E-state index < -0.39 is 5.79 Å². The van der Waals surface area contributed by atoms with Gasteiger partial charge in [0.2, 0.25) is 5.79 Å². The molecule has 2 aliphatic heterocycles. The third-order valence-corrected chi connectivity index (χ3v) is 12.4. The fourth-order valence-electron chi connectivity index (χ4n) is 8.47. The molecule has 302 valence electrons. The lowest BCUT2D eigenvalue weighted by molar-refractivity contribution is -0.190. The van der Waals surface area contributed by atoms with Gasteiger partial charge in [-0.25, -0.2) is 23.7 Å². The molecule has 1 aliphatic carbocycles. The highest BCUT2D eigenvalue weighted by molar-refractivity contribution is 6.35. The van der Waals surface area contributed by atoms with Gasteiger partial charge in [0.05, 0.1) is 23.4 Å². The van der Waals surface area contributed by atoms with Crippen molar-refractivity contribution in [3.8, 4) is 11.4 Å². The van der Waals surface area contributed by atoms with E-state index in [1.165, 1.54) is 68.2 Å². The second kappa shape index (κ2) is 17.6. The number of nitrogens with zero attached hydrogens (tertiary/aromatic N) is 8. The fourth-order valence-corrected chi connectivity index (χ4v) is 9.03. The summed E-state index contributed by atoms with van der Waals surface area (Å²) in [5.74, 6) is 0.0778. The van der Waals surface area contributed by atoms with Gasteiger partial charge in [-0.2, -0.15) is 10.2 Å². The molecule has 3 aromatic carbocycles. The van der Waals surface area contributed by atoms with Crippen LogP contribution in [0.2, 0.25) is 10.0 Å². The second-order valence-corrected chi connectivity index (χ2v) is 16.4. The molecule has 14 heteroatoms. The van der Waals surface area contributed by atoms with Gasteiger partial charge in [0.15, 0.2) is 0 Å². The Morgan fingerprint density at radius 1 is 0.877 bits per heavy atom. The summed E-state index contributed by atoms with van der Waals surface area (Å²) >= 11 is 12.8. The molecule has 57 heavy (non-hydrogen) atoms. The van der Waals surface area contributed by atoms with Gasteiger partial charge in [0.25, 0.3) is 0 Å². The zero-order valence-corrected chi connectivity index (χ0v) is 34.3. The van der Waals surface area contributed by atoms with E-state index in [1.54, 1.807) is 38.7 Å². The summed E-state index contributed by atoms with van der Waals surface area (Å²) in [6.45, 7) is 8.66. The maximum Gasteiger partial charge on any atom is 0.350 e. The zero-order chi connectivity index (χ0) is 39.4. The van der Waals surface area contributed by atoms with Gasteiger partial charge in [-0.15, -0.1) is 0 Å². The highest BCUT2D eigenvalue weighted by Gasteiger charge is 2.45. The Hall–Kier alpha value is -4.36. The van der Waals surface area contributed by atoms with Crippen molar-refractivity contribution in [3.63, 3.8) is 0 Å². The molecule has 5 aromatic rings. The molecular weight excluding hydrogens is 763 g/mol. The molecule has 3 fully saturated rings. The van der Waals surface area contributed by atoms with E-state index in [2.05, 4.69) is 62.2 Å². The molecule has 0 amide bonds. The van der Waals surface area contributed by atoms with Crippen molar-refractivity contribution in [1.29, 1.82) is 0 Å². The molecule has 8 rings (SSSR count). The summed E-state index contributed by atoms with van der Waals surface area (Å²) in [6.07, 6.45) is 14.1. The van der Waals surface area contributed by atoms with Crippen LogP contribution >= 0.6 is 23.2 Å². The van der Waals surface area contributed by atoms with Crippen LogP contribution in [-0.4, -0.2) is 74.6 Å². The van der Waals surface area contributed by atoms with Gasteiger partial charge in [-0.05, 0) is 92.3 Å². The largest absolute Gasteiger partial charge is 0.491 e. The molecule has 1 unspecified atom stereocenters. The summed E-state index contributed by atoms with van der Waals surface area (Å²) < 4.78 is 24.0. The summed E-state index contributed by atoms with van der Waals surface area (Å²) in [4.78, 5) is 22.4. The topological polar surface area (TPSA) is 105 Å². The Labute approximate surface area is 344 Å². The molecule has 1 saturated carbocycles. The first-order valence-corrected chi connectivity index (χ1v) is 21.2. The zero-order valence-electron chi connectivity index (χ0n) is 32.8. The molecule has 3 atom stereocenters. The highest BCUT2D eigenvalue weighted by atomic mass is 35.5. The smallest absolute Gasteiger partial charge is 0.350 e. The van der Waals surface area contributed by atoms with E-state index in [0.717, 1.165) is 44.0 Å². The van der Waals surface area contributed by atoms with E-state index in [-0.39, 0.29) is 24.4 Å². The Bertz CT molecular complexity index is 2140. The first-order chi connectivity index (χ1) is 27.8. The van der Waals surface area contributed by atoms with E-state index in [9.17, 15) is 4.79 Å². The number of rotatable bonds is 12. The number of anilines is 2.